The quantitative estimate of drug-likeness (QED) is 0.337. The normalized spacial score (nSPS) is 51.5. The lowest BCUT2D eigenvalue weighted by atomic mass is 9.42. The van der Waals surface area contributed by atoms with Gasteiger partial charge in [0, 0.05) is 11.3 Å². The summed E-state index contributed by atoms with van der Waals surface area (Å²) < 4.78 is 12.8. The molecule has 41 heavy (non-hydrogen) atoms. The number of ether oxygens (including phenoxy) is 2. The standard InChI is InChI=1S/C35H59NO5/c1-9-20(2)28(36)29(38)41-25-14-15-34-19-35(34)17-16-32(7)27(22-10-13-26(40-22)31(5,6)39)21(37)18-33(32,8)24(35)12-11-23(34)30(25,3)4/h20-28,37,39H,9-19,36H2,1-8H3/t20?,21-,22?,23-,24?,25-,26-,27+,28+,32+,33-,34+,35?/m0/s1. The SMILES string of the molecule is CCC(C)[C@@H](N)C(=O)O[C@H]1CC[C@]23CC24CC[C@]2(C)[C@@H](C5CC[C@@H](C(C)(C)O)O5)[C@@H](O)C[C@@]2(C)C4CC[C@H]3C1(C)C. The van der Waals surface area contributed by atoms with Crippen molar-refractivity contribution in [3.05, 3.63) is 0 Å². The fourth-order valence-electron chi connectivity index (χ4n) is 12.5. The Morgan fingerprint density at radius 2 is 1.66 bits per heavy atom. The van der Waals surface area contributed by atoms with Crippen LogP contribution in [0.2, 0.25) is 0 Å². The van der Waals surface area contributed by atoms with Crippen molar-refractivity contribution < 1.29 is 24.5 Å². The van der Waals surface area contributed by atoms with Crippen LogP contribution in [0.3, 0.4) is 0 Å². The van der Waals surface area contributed by atoms with Gasteiger partial charge in [-0.05, 0) is 117 Å². The van der Waals surface area contributed by atoms with Gasteiger partial charge in [-0.25, -0.2) is 0 Å². The lowest BCUT2D eigenvalue weighted by Crippen LogP contribution is -2.58. The van der Waals surface area contributed by atoms with E-state index in [1.165, 1.54) is 25.7 Å². The average Bonchev–Trinajstić information content (AvgIpc) is 3.16. The third-order valence-electron chi connectivity index (χ3n) is 15.1. The van der Waals surface area contributed by atoms with Gasteiger partial charge in [-0.3, -0.25) is 4.79 Å². The first-order valence-corrected chi connectivity index (χ1v) is 17.0. The van der Waals surface area contributed by atoms with E-state index in [0.29, 0.717) is 22.7 Å². The van der Waals surface area contributed by atoms with Crippen LogP contribution in [0.25, 0.3) is 0 Å². The monoisotopic (exact) mass is 573 g/mol. The predicted octanol–water partition coefficient (Wildman–Crippen LogP) is 6.00. The number of aliphatic hydroxyl groups is 2. The lowest BCUT2D eigenvalue weighted by molar-refractivity contribution is -0.188. The zero-order chi connectivity index (χ0) is 30.0. The summed E-state index contributed by atoms with van der Waals surface area (Å²) in [5.74, 6) is 1.20. The molecule has 4 N–H and O–H groups in total. The van der Waals surface area contributed by atoms with Gasteiger partial charge >= 0.3 is 5.97 Å². The van der Waals surface area contributed by atoms with Crippen LogP contribution >= 0.6 is 0 Å². The van der Waals surface area contributed by atoms with Gasteiger partial charge in [0.05, 0.1) is 23.9 Å². The maximum atomic E-state index is 13.0. The zero-order valence-corrected chi connectivity index (χ0v) is 27.2. The Kier molecular flexibility index (Phi) is 6.96. The maximum Gasteiger partial charge on any atom is 0.323 e. The lowest BCUT2D eigenvalue weighted by Gasteiger charge is -2.63. The molecule has 1 heterocycles. The molecule has 0 amide bonds. The average molecular weight is 574 g/mol. The second kappa shape index (κ2) is 9.41. The van der Waals surface area contributed by atoms with Crippen LogP contribution in [0.1, 0.15) is 126 Å². The van der Waals surface area contributed by atoms with E-state index in [4.69, 9.17) is 15.2 Å². The molecule has 0 aromatic rings. The number of rotatable bonds is 6. The molecule has 6 fully saturated rings. The first kappa shape index (κ1) is 30.3. The molecule has 1 aliphatic heterocycles. The molecule has 6 heteroatoms. The molecule has 6 nitrogen and oxygen atoms in total. The predicted molar refractivity (Wildman–Crippen MR) is 160 cm³/mol. The summed E-state index contributed by atoms with van der Waals surface area (Å²) in [6.45, 7) is 17.5. The molecule has 0 aromatic carbocycles. The van der Waals surface area contributed by atoms with Crippen LogP contribution in [-0.2, 0) is 14.3 Å². The van der Waals surface area contributed by atoms with Crippen LogP contribution in [0.4, 0.5) is 0 Å². The van der Waals surface area contributed by atoms with E-state index >= 15 is 0 Å². The fraction of sp³-hybridized carbons (Fsp3) is 0.971. The van der Waals surface area contributed by atoms with Crippen molar-refractivity contribution in [3.63, 3.8) is 0 Å². The molecule has 5 saturated carbocycles. The molecule has 4 unspecified atom stereocenters. The number of aliphatic hydroxyl groups excluding tert-OH is 1. The van der Waals surface area contributed by atoms with E-state index in [-0.39, 0.29) is 58.5 Å². The highest BCUT2D eigenvalue weighted by Crippen LogP contribution is 2.89. The Morgan fingerprint density at radius 3 is 2.29 bits per heavy atom. The highest BCUT2D eigenvalue weighted by Gasteiger charge is 2.83. The molecule has 1 saturated heterocycles. The summed E-state index contributed by atoms with van der Waals surface area (Å²) in [6, 6.07) is -0.546. The zero-order valence-electron chi connectivity index (χ0n) is 27.2. The first-order valence-electron chi connectivity index (χ1n) is 17.0. The Balaban J connectivity index is 1.23. The summed E-state index contributed by atoms with van der Waals surface area (Å²) in [6.07, 6.45) is 11.1. The molecule has 6 rings (SSSR count). The van der Waals surface area contributed by atoms with Gasteiger partial charge in [-0.15, -0.1) is 0 Å². The van der Waals surface area contributed by atoms with Gasteiger partial charge in [-0.2, -0.15) is 0 Å². The van der Waals surface area contributed by atoms with E-state index in [9.17, 15) is 15.0 Å². The van der Waals surface area contributed by atoms with Gasteiger partial charge in [0.2, 0.25) is 0 Å². The largest absolute Gasteiger partial charge is 0.461 e. The molecule has 6 aliphatic rings. The van der Waals surface area contributed by atoms with E-state index in [1.54, 1.807) is 0 Å². The topological polar surface area (TPSA) is 102 Å². The van der Waals surface area contributed by atoms with E-state index in [2.05, 4.69) is 34.6 Å². The van der Waals surface area contributed by atoms with E-state index < -0.39 is 11.6 Å². The van der Waals surface area contributed by atoms with Crippen molar-refractivity contribution in [2.45, 2.75) is 162 Å². The fourth-order valence-corrected chi connectivity index (χ4v) is 12.5. The van der Waals surface area contributed by atoms with Crippen LogP contribution in [0.15, 0.2) is 0 Å². The summed E-state index contributed by atoms with van der Waals surface area (Å²) in [7, 11) is 0. The van der Waals surface area contributed by atoms with Crippen molar-refractivity contribution in [1.82, 2.24) is 0 Å². The van der Waals surface area contributed by atoms with Crippen LogP contribution in [0.5, 0.6) is 0 Å². The Morgan fingerprint density at radius 1 is 1.00 bits per heavy atom. The minimum absolute atomic E-state index is 0.0256. The molecule has 5 aliphatic carbocycles. The third-order valence-corrected chi connectivity index (χ3v) is 15.1. The molecular formula is C35H59NO5. The minimum Gasteiger partial charge on any atom is -0.461 e. The molecular weight excluding hydrogens is 514 g/mol. The second-order valence-electron chi connectivity index (χ2n) is 17.4. The third kappa shape index (κ3) is 3.98. The molecule has 0 radical (unpaired) electrons. The van der Waals surface area contributed by atoms with Crippen molar-refractivity contribution in [2.75, 3.05) is 0 Å². The summed E-state index contributed by atoms with van der Waals surface area (Å²) in [5.41, 5.74) is 6.17. The Hall–Kier alpha value is -0.690. The Bertz CT molecular complexity index is 1050. The van der Waals surface area contributed by atoms with Gasteiger partial charge in [0.15, 0.2) is 0 Å². The highest BCUT2D eigenvalue weighted by atomic mass is 16.5. The summed E-state index contributed by atoms with van der Waals surface area (Å²) >= 11 is 0. The van der Waals surface area contributed by atoms with Crippen molar-refractivity contribution in [3.8, 4) is 0 Å². The molecule has 13 atom stereocenters. The number of hydrogen-bond acceptors (Lipinski definition) is 6. The van der Waals surface area contributed by atoms with Crippen molar-refractivity contribution >= 4 is 5.97 Å². The van der Waals surface area contributed by atoms with E-state index in [0.717, 1.165) is 44.9 Å². The van der Waals surface area contributed by atoms with Crippen LogP contribution in [-0.4, -0.2) is 52.2 Å². The molecule has 234 valence electrons. The van der Waals surface area contributed by atoms with Gasteiger partial charge in [0.25, 0.3) is 0 Å². The second-order valence-corrected chi connectivity index (χ2v) is 17.4. The molecule has 2 spiro atoms. The number of carbonyl (C=O) groups is 1. The van der Waals surface area contributed by atoms with Crippen LogP contribution < -0.4 is 5.73 Å². The first-order chi connectivity index (χ1) is 19.0. The summed E-state index contributed by atoms with van der Waals surface area (Å²) in [4.78, 5) is 13.0. The van der Waals surface area contributed by atoms with Gasteiger partial charge in [0.1, 0.15) is 12.1 Å². The van der Waals surface area contributed by atoms with Gasteiger partial charge in [-0.1, -0.05) is 48.0 Å². The van der Waals surface area contributed by atoms with E-state index in [1.807, 2.05) is 20.8 Å². The highest BCUT2D eigenvalue weighted by molar-refractivity contribution is 5.76. The number of fused-ring (bicyclic) bond motifs is 2. The number of hydrogen-bond donors (Lipinski definition) is 3. The molecule has 0 bridgehead atoms. The smallest absolute Gasteiger partial charge is 0.323 e. The van der Waals surface area contributed by atoms with Crippen molar-refractivity contribution in [1.29, 1.82) is 0 Å². The maximum absolute atomic E-state index is 13.0. The number of carbonyl (C=O) groups excluding carboxylic acids is 1. The molecule has 0 aromatic heterocycles. The van der Waals surface area contributed by atoms with Crippen LogP contribution in [0, 0.1) is 50.7 Å². The number of nitrogens with two attached hydrogens (primary N) is 1. The van der Waals surface area contributed by atoms with Crippen molar-refractivity contribution in [2.24, 2.45) is 56.5 Å². The number of esters is 1. The minimum atomic E-state index is -0.850. The Labute approximate surface area is 248 Å². The summed E-state index contributed by atoms with van der Waals surface area (Å²) in [5, 5.41) is 22.4. The van der Waals surface area contributed by atoms with Gasteiger partial charge < -0.3 is 25.4 Å².